The first-order chi connectivity index (χ1) is 18.1. The van der Waals surface area contributed by atoms with Gasteiger partial charge in [0.15, 0.2) is 0 Å². The number of carbonyl (C=O) groups excluding carboxylic acids is 2. The maximum atomic E-state index is 13.0. The van der Waals surface area contributed by atoms with E-state index in [2.05, 4.69) is 15.8 Å². The molecule has 0 saturated carbocycles. The number of rotatable bonds is 7. The molecule has 0 unspecified atom stereocenters. The molecular weight excluding hydrogens is 507 g/mol. The van der Waals surface area contributed by atoms with Gasteiger partial charge in [-0.2, -0.15) is 9.41 Å². The molecule has 38 heavy (non-hydrogen) atoms. The Morgan fingerprint density at radius 3 is 2.08 bits per heavy atom. The molecule has 1 fully saturated rings. The lowest BCUT2D eigenvalue weighted by Crippen LogP contribution is -2.42. The van der Waals surface area contributed by atoms with E-state index in [4.69, 9.17) is 0 Å². The third kappa shape index (κ3) is 6.51. The van der Waals surface area contributed by atoms with Crippen molar-refractivity contribution in [2.24, 2.45) is 11.0 Å². The van der Waals surface area contributed by atoms with E-state index in [0.717, 1.165) is 11.1 Å². The van der Waals surface area contributed by atoms with Gasteiger partial charge >= 0.3 is 0 Å². The predicted octanol–water partition coefficient (Wildman–Crippen LogP) is 4.33. The summed E-state index contributed by atoms with van der Waals surface area (Å²) in [6, 6.07) is 19.0. The second-order valence-electron chi connectivity index (χ2n) is 9.20. The Bertz CT molecular complexity index is 1430. The van der Waals surface area contributed by atoms with E-state index in [1.807, 2.05) is 6.92 Å². The molecule has 0 spiro atoms. The van der Waals surface area contributed by atoms with Gasteiger partial charge in [-0.3, -0.25) is 9.59 Å². The van der Waals surface area contributed by atoms with Crippen LogP contribution >= 0.6 is 0 Å². The van der Waals surface area contributed by atoms with Gasteiger partial charge in [0, 0.05) is 30.3 Å². The van der Waals surface area contributed by atoms with E-state index in [9.17, 15) is 22.4 Å². The van der Waals surface area contributed by atoms with E-state index in [1.165, 1.54) is 28.6 Å². The zero-order chi connectivity index (χ0) is 27.3. The fourth-order valence-electron chi connectivity index (χ4n) is 4.11. The van der Waals surface area contributed by atoms with Gasteiger partial charge in [0.2, 0.25) is 15.9 Å². The van der Waals surface area contributed by atoms with Crippen LogP contribution in [0.2, 0.25) is 0 Å². The highest BCUT2D eigenvalue weighted by Crippen LogP contribution is 2.24. The molecule has 4 rings (SSSR count). The molecule has 1 saturated heterocycles. The van der Waals surface area contributed by atoms with Crippen molar-refractivity contribution < 1.29 is 22.4 Å². The van der Waals surface area contributed by atoms with E-state index >= 15 is 0 Å². The molecule has 198 valence electrons. The molecule has 2 amide bonds. The Labute approximate surface area is 221 Å². The first kappa shape index (κ1) is 27.2. The highest BCUT2D eigenvalue weighted by atomic mass is 32.2. The molecule has 2 N–H and O–H groups in total. The Morgan fingerprint density at radius 2 is 1.47 bits per heavy atom. The second kappa shape index (κ2) is 11.7. The van der Waals surface area contributed by atoms with Crippen molar-refractivity contribution in [2.75, 3.05) is 18.4 Å². The fourth-order valence-corrected chi connectivity index (χ4v) is 5.58. The van der Waals surface area contributed by atoms with Gasteiger partial charge in [0.05, 0.1) is 10.6 Å². The summed E-state index contributed by atoms with van der Waals surface area (Å²) in [5.41, 5.74) is 5.82. The van der Waals surface area contributed by atoms with Crippen LogP contribution in [0.4, 0.5) is 10.1 Å². The van der Waals surface area contributed by atoms with Crippen molar-refractivity contribution in [1.82, 2.24) is 9.73 Å². The predicted molar refractivity (Wildman–Crippen MR) is 144 cm³/mol. The third-order valence-corrected chi connectivity index (χ3v) is 8.40. The van der Waals surface area contributed by atoms with E-state index in [1.54, 1.807) is 55.5 Å². The summed E-state index contributed by atoms with van der Waals surface area (Å²) in [5.74, 6) is -1.35. The van der Waals surface area contributed by atoms with Crippen molar-refractivity contribution in [2.45, 2.75) is 31.6 Å². The molecule has 0 aromatic heterocycles. The number of hydrazone groups is 1. The van der Waals surface area contributed by atoms with Gasteiger partial charge < -0.3 is 5.32 Å². The summed E-state index contributed by atoms with van der Waals surface area (Å²) in [7, 11) is -3.59. The minimum Gasteiger partial charge on any atom is -0.322 e. The van der Waals surface area contributed by atoms with Crippen LogP contribution in [0.25, 0.3) is 0 Å². The minimum atomic E-state index is -3.59. The van der Waals surface area contributed by atoms with E-state index in [-0.39, 0.29) is 35.7 Å². The summed E-state index contributed by atoms with van der Waals surface area (Å²) in [5, 5.41) is 6.95. The van der Waals surface area contributed by atoms with Crippen LogP contribution in [0.1, 0.15) is 41.3 Å². The number of amides is 2. The minimum absolute atomic E-state index is 0.250. The molecule has 0 aliphatic carbocycles. The molecule has 8 nitrogen and oxygen atoms in total. The molecule has 1 heterocycles. The first-order valence-electron chi connectivity index (χ1n) is 12.2. The van der Waals surface area contributed by atoms with E-state index < -0.39 is 15.8 Å². The number of aryl methyl sites for hydroxylation is 1. The van der Waals surface area contributed by atoms with Crippen LogP contribution in [0.15, 0.2) is 82.8 Å². The molecule has 1 aliphatic rings. The number of benzene rings is 3. The summed E-state index contributed by atoms with van der Waals surface area (Å²) < 4.78 is 40.2. The normalized spacial score (nSPS) is 15.2. The number of halogens is 1. The van der Waals surface area contributed by atoms with Crippen molar-refractivity contribution in [3.8, 4) is 0 Å². The largest absolute Gasteiger partial charge is 0.322 e. The average molecular weight is 537 g/mol. The standard InChI is InChI=1S/C28H29FN4O4S/c1-19-3-13-26(14-4-19)38(36,37)33-17-15-23(16-18-33)28(35)32-31-20(2)21-7-11-25(12-8-21)30-27(34)22-5-9-24(29)10-6-22/h3-14,23H,15-18H2,1-2H3,(H,30,34)(H,32,35). The maximum absolute atomic E-state index is 13.0. The number of nitrogens with zero attached hydrogens (tertiary/aromatic N) is 2. The first-order valence-corrected chi connectivity index (χ1v) is 13.7. The van der Waals surface area contributed by atoms with Crippen molar-refractivity contribution in [3.63, 3.8) is 0 Å². The summed E-state index contributed by atoms with van der Waals surface area (Å²) >= 11 is 0. The Balaban J connectivity index is 1.29. The lowest BCUT2D eigenvalue weighted by molar-refractivity contribution is -0.126. The molecule has 3 aromatic carbocycles. The highest BCUT2D eigenvalue weighted by Gasteiger charge is 2.32. The van der Waals surface area contributed by atoms with Crippen molar-refractivity contribution in [1.29, 1.82) is 0 Å². The Hall–Kier alpha value is -3.89. The van der Waals surface area contributed by atoms with Gasteiger partial charge in [0.25, 0.3) is 5.91 Å². The number of hydrogen-bond donors (Lipinski definition) is 2. The quantitative estimate of drug-likeness (QED) is 0.346. The van der Waals surface area contributed by atoms with Crippen LogP contribution < -0.4 is 10.7 Å². The number of sulfonamides is 1. The summed E-state index contributed by atoms with van der Waals surface area (Å²) in [4.78, 5) is 25.2. The van der Waals surface area contributed by atoms with Gasteiger partial charge in [-0.25, -0.2) is 18.2 Å². The molecule has 0 bridgehead atoms. The number of carbonyl (C=O) groups is 2. The fraction of sp³-hybridized carbons (Fsp3) is 0.250. The van der Waals surface area contributed by atoms with Crippen molar-refractivity contribution in [3.05, 3.63) is 95.3 Å². The zero-order valence-electron chi connectivity index (χ0n) is 21.1. The lowest BCUT2D eigenvalue weighted by atomic mass is 9.98. The number of hydrogen-bond acceptors (Lipinski definition) is 5. The van der Waals surface area contributed by atoms with Gasteiger partial charge in [-0.15, -0.1) is 0 Å². The van der Waals surface area contributed by atoms with Gasteiger partial charge in [-0.05, 0) is 80.8 Å². The Kier molecular flexibility index (Phi) is 8.33. The zero-order valence-corrected chi connectivity index (χ0v) is 22.0. The number of piperidine rings is 1. The molecular formula is C28H29FN4O4S. The van der Waals surface area contributed by atoms with Crippen LogP contribution in [-0.2, 0) is 14.8 Å². The van der Waals surface area contributed by atoms with Crippen LogP contribution in [-0.4, -0.2) is 43.3 Å². The molecule has 0 radical (unpaired) electrons. The lowest BCUT2D eigenvalue weighted by Gasteiger charge is -2.30. The van der Waals surface area contributed by atoms with Gasteiger partial charge in [0.1, 0.15) is 5.82 Å². The van der Waals surface area contributed by atoms with Crippen LogP contribution in [0.5, 0.6) is 0 Å². The molecule has 0 atom stereocenters. The topological polar surface area (TPSA) is 108 Å². The Morgan fingerprint density at radius 1 is 0.895 bits per heavy atom. The number of anilines is 1. The SMILES string of the molecule is CC(=NNC(=O)C1CCN(S(=O)(=O)c2ccc(C)cc2)CC1)c1ccc(NC(=O)c2ccc(F)cc2)cc1. The van der Waals surface area contributed by atoms with E-state index in [0.29, 0.717) is 29.8 Å². The molecule has 1 aliphatic heterocycles. The highest BCUT2D eigenvalue weighted by molar-refractivity contribution is 7.89. The summed E-state index contributed by atoms with van der Waals surface area (Å²) in [6.07, 6.45) is 0.821. The summed E-state index contributed by atoms with van der Waals surface area (Å²) in [6.45, 7) is 4.19. The van der Waals surface area contributed by atoms with Crippen LogP contribution in [0, 0.1) is 18.7 Å². The number of nitrogens with one attached hydrogen (secondary N) is 2. The van der Waals surface area contributed by atoms with Crippen LogP contribution in [0.3, 0.4) is 0 Å². The average Bonchev–Trinajstić information content (AvgIpc) is 2.92. The smallest absolute Gasteiger partial charge is 0.255 e. The monoisotopic (exact) mass is 536 g/mol. The van der Waals surface area contributed by atoms with Crippen molar-refractivity contribution >= 4 is 33.2 Å². The second-order valence-corrected chi connectivity index (χ2v) is 11.1. The molecule has 3 aromatic rings. The maximum Gasteiger partial charge on any atom is 0.255 e. The third-order valence-electron chi connectivity index (χ3n) is 6.48. The molecule has 10 heteroatoms. The van der Waals surface area contributed by atoms with Gasteiger partial charge in [-0.1, -0.05) is 29.8 Å².